The maximum absolute atomic E-state index is 12.3. The maximum atomic E-state index is 12.3. The number of hydrogen-bond donors (Lipinski definition) is 0. The Morgan fingerprint density at radius 3 is 2.80 bits per heavy atom. The quantitative estimate of drug-likeness (QED) is 0.672. The van der Waals surface area contributed by atoms with Crippen LogP contribution in [0.4, 0.5) is 0 Å². The lowest BCUT2D eigenvalue weighted by molar-refractivity contribution is 0.0985. The van der Waals surface area contributed by atoms with Crippen molar-refractivity contribution in [2.45, 2.75) is 13.3 Å². The van der Waals surface area contributed by atoms with Crippen molar-refractivity contribution in [3.05, 3.63) is 64.0 Å². The summed E-state index contributed by atoms with van der Waals surface area (Å²) in [6.45, 7) is 1.99. The largest absolute Gasteiger partial charge is 0.440 e. The number of ketones is 1. The van der Waals surface area contributed by atoms with Gasteiger partial charge in [0.25, 0.3) is 0 Å². The second-order valence-corrected chi connectivity index (χ2v) is 5.51. The van der Waals surface area contributed by atoms with E-state index in [1.165, 1.54) is 0 Å². The van der Waals surface area contributed by atoms with Crippen LogP contribution in [0.1, 0.15) is 21.8 Å². The Morgan fingerprint density at radius 1 is 1.25 bits per heavy atom. The molecule has 0 fully saturated rings. The van der Waals surface area contributed by atoms with Gasteiger partial charge in [0.15, 0.2) is 11.4 Å². The molecule has 0 saturated heterocycles. The predicted octanol–water partition coefficient (Wildman–Crippen LogP) is 4.32. The van der Waals surface area contributed by atoms with Crippen LogP contribution < -0.4 is 0 Å². The van der Waals surface area contributed by atoms with Gasteiger partial charge >= 0.3 is 0 Å². The molecular weight excluding hydrogens is 318 g/mol. The minimum Gasteiger partial charge on any atom is -0.440 e. The van der Waals surface area contributed by atoms with E-state index in [0.29, 0.717) is 17.0 Å². The van der Waals surface area contributed by atoms with Crippen molar-refractivity contribution in [1.29, 1.82) is 0 Å². The number of aryl methyl sites for hydroxylation is 1. The Balaban J connectivity index is 1.88. The van der Waals surface area contributed by atoms with Crippen LogP contribution in [-0.4, -0.2) is 10.8 Å². The predicted molar refractivity (Wildman–Crippen MR) is 80.9 cm³/mol. The van der Waals surface area contributed by atoms with Crippen LogP contribution >= 0.6 is 15.9 Å². The fourth-order valence-corrected chi connectivity index (χ4v) is 2.79. The van der Waals surface area contributed by atoms with Gasteiger partial charge in [0.2, 0.25) is 5.89 Å². The van der Waals surface area contributed by atoms with Gasteiger partial charge in [-0.15, -0.1) is 0 Å². The van der Waals surface area contributed by atoms with Gasteiger partial charge in [-0.3, -0.25) is 4.79 Å². The summed E-state index contributed by atoms with van der Waals surface area (Å²) >= 11 is 3.42. The monoisotopic (exact) mass is 329 g/mol. The molecule has 2 aromatic carbocycles. The van der Waals surface area contributed by atoms with Gasteiger partial charge in [0.1, 0.15) is 5.52 Å². The molecule has 0 bridgehead atoms. The van der Waals surface area contributed by atoms with Crippen LogP contribution in [0.2, 0.25) is 0 Å². The lowest BCUT2D eigenvalue weighted by Crippen LogP contribution is -2.04. The van der Waals surface area contributed by atoms with Crippen LogP contribution in [0, 0.1) is 6.92 Å². The third-order valence-corrected chi connectivity index (χ3v) is 3.73. The number of oxazole rings is 1. The standard InChI is InChI=1S/C16H12BrNO2/c1-10-6-7-11(12(17)8-10)14(19)9-16-18-13-4-2-3-5-15(13)20-16/h2-8H,9H2,1H3. The maximum Gasteiger partial charge on any atom is 0.203 e. The number of hydrogen-bond acceptors (Lipinski definition) is 3. The molecule has 0 radical (unpaired) electrons. The first-order valence-electron chi connectivity index (χ1n) is 6.27. The summed E-state index contributed by atoms with van der Waals surface area (Å²) < 4.78 is 6.38. The molecule has 0 aliphatic heterocycles. The van der Waals surface area contributed by atoms with E-state index >= 15 is 0 Å². The van der Waals surface area contributed by atoms with E-state index < -0.39 is 0 Å². The summed E-state index contributed by atoms with van der Waals surface area (Å²) in [5, 5.41) is 0. The molecule has 100 valence electrons. The van der Waals surface area contributed by atoms with E-state index in [-0.39, 0.29) is 12.2 Å². The number of para-hydroxylation sites is 2. The first-order valence-corrected chi connectivity index (χ1v) is 7.06. The number of halogens is 1. The zero-order valence-corrected chi connectivity index (χ0v) is 12.5. The first-order chi connectivity index (χ1) is 9.63. The molecule has 0 spiro atoms. The number of carbonyl (C=O) groups excluding carboxylic acids is 1. The Morgan fingerprint density at radius 2 is 2.05 bits per heavy atom. The summed E-state index contributed by atoms with van der Waals surface area (Å²) in [6, 6.07) is 13.2. The fourth-order valence-electron chi connectivity index (χ4n) is 2.07. The summed E-state index contributed by atoms with van der Waals surface area (Å²) in [5.74, 6) is 0.437. The van der Waals surface area contributed by atoms with Crippen LogP contribution in [0.3, 0.4) is 0 Å². The van der Waals surface area contributed by atoms with Crippen molar-refractivity contribution in [3.8, 4) is 0 Å². The van der Waals surface area contributed by atoms with Crippen molar-refractivity contribution in [1.82, 2.24) is 4.98 Å². The molecular formula is C16H12BrNO2. The van der Waals surface area contributed by atoms with Gasteiger partial charge in [-0.2, -0.15) is 0 Å². The fraction of sp³-hybridized carbons (Fsp3) is 0.125. The number of rotatable bonds is 3. The van der Waals surface area contributed by atoms with Gasteiger partial charge in [-0.1, -0.05) is 34.1 Å². The molecule has 0 atom stereocenters. The highest BCUT2D eigenvalue weighted by Gasteiger charge is 2.14. The molecule has 3 rings (SSSR count). The van der Waals surface area contributed by atoms with Crippen molar-refractivity contribution in [3.63, 3.8) is 0 Å². The highest BCUT2D eigenvalue weighted by Crippen LogP contribution is 2.21. The lowest BCUT2D eigenvalue weighted by atomic mass is 10.1. The normalized spacial score (nSPS) is 10.9. The van der Waals surface area contributed by atoms with Gasteiger partial charge < -0.3 is 4.42 Å². The van der Waals surface area contributed by atoms with Crippen LogP contribution in [0.25, 0.3) is 11.1 Å². The summed E-state index contributed by atoms with van der Waals surface area (Å²) in [5.41, 5.74) is 3.24. The van der Waals surface area contributed by atoms with E-state index in [9.17, 15) is 4.79 Å². The van der Waals surface area contributed by atoms with E-state index in [2.05, 4.69) is 20.9 Å². The SMILES string of the molecule is Cc1ccc(C(=O)Cc2nc3ccccc3o2)c(Br)c1. The Kier molecular flexibility index (Phi) is 3.40. The minimum atomic E-state index is -0.0107. The number of nitrogens with zero attached hydrogens (tertiary/aromatic N) is 1. The average Bonchev–Trinajstić information content (AvgIpc) is 2.80. The number of Topliss-reactive ketones (excluding diaryl/α,β-unsaturated/α-hetero) is 1. The molecule has 0 aliphatic carbocycles. The van der Waals surface area contributed by atoms with Crippen LogP contribution in [-0.2, 0) is 6.42 Å². The molecule has 20 heavy (non-hydrogen) atoms. The van der Waals surface area contributed by atoms with E-state index in [4.69, 9.17) is 4.42 Å². The number of fused-ring (bicyclic) bond motifs is 1. The Labute approximate surface area is 124 Å². The molecule has 0 N–H and O–H groups in total. The Bertz CT molecular complexity index is 759. The van der Waals surface area contributed by atoms with Gasteiger partial charge in [0.05, 0.1) is 6.42 Å². The van der Waals surface area contributed by atoms with E-state index in [1.54, 1.807) is 0 Å². The highest BCUT2D eigenvalue weighted by atomic mass is 79.9. The topological polar surface area (TPSA) is 43.1 Å². The molecule has 3 aromatic rings. The van der Waals surface area contributed by atoms with Crippen molar-refractivity contribution in [2.24, 2.45) is 0 Å². The van der Waals surface area contributed by atoms with E-state index in [0.717, 1.165) is 15.6 Å². The first kappa shape index (κ1) is 13.1. The summed E-state index contributed by atoms with van der Waals surface area (Å²) in [4.78, 5) is 16.6. The molecule has 0 saturated carbocycles. The van der Waals surface area contributed by atoms with Gasteiger partial charge in [-0.05, 0) is 36.8 Å². The van der Waals surface area contributed by atoms with Gasteiger partial charge in [0, 0.05) is 10.0 Å². The van der Waals surface area contributed by atoms with Crippen LogP contribution in [0.15, 0.2) is 51.4 Å². The minimum absolute atomic E-state index is 0.0107. The average molecular weight is 330 g/mol. The third kappa shape index (κ3) is 2.51. The smallest absolute Gasteiger partial charge is 0.203 e. The van der Waals surface area contributed by atoms with Crippen molar-refractivity contribution >= 4 is 32.8 Å². The van der Waals surface area contributed by atoms with Crippen molar-refractivity contribution < 1.29 is 9.21 Å². The van der Waals surface area contributed by atoms with Crippen LogP contribution in [0.5, 0.6) is 0 Å². The Hall–Kier alpha value is -1.94. The molecule has 0 aliphatic rings. The highest BCUT2D eigenvalue weighted by molar-refractivity contribution is 9.10. The molecule has 4 heteroatoms. The molecule has 1 aromatic heterocycles. The number of aromatic nitrogens is 1. The zero-order valence-electron chi connectivity index (χ0n) is 10.9. The second kappa shape index (κ2) is 5.21. The summed E-state index contributed by atoms with van der Waals surface area (Å²) in [6.07, 6.45) is 0.163. The lowest BCUT2D eigenvalue weighted by Gasteiger charge is -2.03. The zero-order chi connectivity index (χ0) is 14.1. The van der Waals surface area contributed by atoms with Crippen molar-refractivity contribution in [2.75, 3.05) is 0 Å². The summed E-state index contributed by atoms with van der Waals surface area (Å²) in [7, 11) is 0. The number of benzene rings is 2. The van der Waals surface area contributed by atoms with E-state index in [1.807, 2.05) is 49.4 Å². The third-order valence-electron chi connectivity index (χ3n) is 3.07. The number of carbonyl (C=O) groups is 1. The van der Waals surface area contributed by atoms with Gasteiger partial charge in [-0.25, -0.2) is 4.98 Å². The second-order valence-electron chi connectivity index (χ2n) is 4.66. The molecule has 0 unspecified atom stereocenters. The molecule has 0 amide bonds. The molecule has 3 nitrogen and oxygen atoms in total. The molecule has 1 heterocycles.